The molecule has 0 amide bonds. The maximum absolute atomic E-state index is 5.86. The summed E-state index contributed by atoms with van der Waals surface area (Å²) in [6, 6.07) is 11.5. The molecule has 0 atom stereocenters. The van der Waals surface area contributed by atoms with E-state index in [2.05, 4.69) is 29.6 Å². The summed E-state index contributed by atoms with van der Waals surface area (Å²) in [6.45, 7) is 0. The predicted molar refractivity (Wildman–Crippen MR) is 60.3 cm³/mol. The Kier molecular flexibility index (Phi) is 3.04. The zero-order chi connectivity index (χ0) is 9.80. The molecule has 2 rings (SSSR count). The van der Waals surface area contributed by atoms with Gasteiger partial charge in [0, 0.05) is 17.8 Å². The predicted octanol–water partition coefficient (Wildman–Crippen LogP) is 2.37. The molecule has 0 bridgehead atoms. The van der Waals surface area contributed by atoms with Gasteiger partial charge in [-0.3, -0.25) is 0 Å². The second kappa shape index (κ2) is 4.47. The monoisotopic (exact) mass is 190 g/mol. The fraction of sp³-hybridized carbons (Fsp3) is 0.500. The van der Waals surface area contributed by atoms with Crippen LogP contribution in [0.3, 0.4) is 0 Å². The van der Waals surface area contributed by atoms with Crippen LogP contribution in [0.1, 0.15) is 25.7 Å². The van der Waals surface area contributed by atoms with Crippen LogP contribution in [0.15, 0.2) is 30.3 Å². The molecular formula is C12H18N2. The molecule has 3 N–H and O–H groups in total. The lowest BCUT2D eigenvalue weighted by Crippen LogP contribution is -2.32. The van der Waals surface area contributed by atoms with Gasteiger partial charge in [0.1, 0.15) is 0 Å². The molecule has 2 nitrogen and oxygen atoms in total. The number of rotatable bonds is 2. The van der Waals surface area contributed by atoms with Crippen LogP contribution in [0.25, 0.3) is 0 Å². The maximum Gasteiger partial charge on any atom is 0.0342 e. The van der Waals surface area contributed by atoms with Gasteiger partial charge in [0.15, 0.2) is 0 Å². The highest BCUT2D eigenvalue weighted by Crippen LogP contribution is 2.20. The second-order valence-electron chi connectivity index (χ2n) is 4.12. The summed E-state index contributed by atoms with van der Waals surface area (Å²) in [5, 5.41) is 3.55. The molecule has 76 valence electrons. The largest absolute Gasteiger partial charge is 0.382 e. The van der Waals surface area contributed by atoms with Gasteiger partial charge >= 0.3 is 0 Å². The van der Waals surface area contributed by atoms with Crippen LogP contribution in [-0.4, -0.2) is 12.1 Å². The van der Waals surface area contributed by atoms with E-state index in [9.17, 15) is 0 Å². The number of anilines is 1. The van der Waals surface area contributed by atoms with Crippen LogP contribution in [0.5, 0.6) is 0 Å². The van der Waals surface area contributed by atoms with Gasteiger partial charge in [0.25, 0.3) is 0 Å². The molecule has 1 aromatic rings. The average Bonchev–Trinajstić information content (AvgIpc) is 2.23. The topological polar surface area (TPSA) is 38.0 Å². The fourth-order valence-corrected chi connectivity index (χ4v) is 2.03. The Morgan fingerprint density at radius 1 is 1.00 bits per heavy atom. The molecule has 1 fully saturated rings. The van der Waals surface area contributed by atoms with Crippen LogP contribution in [0.4, 0.5) is 5.69 Å². The lowest BCUT2D eigenvalue weighted by Gasteiger charge is -2.27. The van der Waals surface area contributed by atoms with Gasteiger partial charge in [-0.25, -0.2) is 0 Å². The summed E-state index contributed by atoms with van der Waals surface area (Å²) in [7, 11) is 0. The van der Waals surface area contributed by atoms with Crippen LogP contribution >= 0.6 is 0 Å². The molecule has 14 heavy (non-hydrogen) atoms. The Morgan fingerprint density at radius 2 is 1.64 bits per heavy atom. The van der Waals surface area contributed by atoms with Gasteiger partial charge < -0.3 is 11.1 Å². The highest BCUT2D eigenvalue weighted by atomic mass is 14.9. The molecule has 1 aliphatic rings. The van der Waals surface area contributed by atoms with Gasteiger partial charge in [0.05, 0.1) is 0 Å². The molecule has 0 unspecified atom stereocenters. The van der Waals surface area contributed by atoms with Crippen LogP contribution in [0, 0.1) is 0 Å². The Morgan fingerprint density at radius 3 is 2.29 bits per heavy atom. The van der Waals surface area contributed by atoms with E-state index < -0.39 is 0 Å². The van der Waals surface area contributed by atoms with Gasteiger partial charge in [-0.05, 0) is 37.8 Å². The third-order valence-corrected chi connectivity index (χ3v) is 2.92. The van der Waals surface area contributed by atoms with Crippen LogP contribution in [0.2, 0.25) is 0 Å². The van der Waals surface area contributed by atoms with Crippen molar-refractivity contribution >= 4 is 5.69 Å². The number of hydrogen-bond acceptors (Lipinski definition) is 2. The average molecular weight is 190 g/mol. The first-order chi connectivity index (χ1) is 6.84. The van der Waals surface area contributed by atoms with Crippen LogP contribution < -0.4 is 11.1 Å². The molecular weight excluding hydrogens is 172 g/mol. The minimum absolute atomic E-state index is 0.434. The maximum atomic E-state index is 5.86. The summed E-state index contributed by atoms with van der Waals surface area (Å²) in [5.41, 5.74) is 7.09. The van der Waals surface area contributed by atoms with Gasteiger partial charge in [-0.2, -0.15) is 0 Å². The summed E-state index contributed by atoms with van der Waals surface area (Å²) in [4.78, 5) is 0. The molecule has 0 heterocycles. The smallest absolute Gasteiger partial charge is 0.0342 e. The number of benzene rings is 1. The molecule has 2 heteroatoms. The van der Waals surface area contributed by atoms with E-state index in [0.717, 1.165) is 12.8 Å². The quantitative estimate of drug-likeness (QED) is 0.751. The Bertz CT molecular complexity index is 263. The number of nitrogens with two attached hydrogens (primary N) is 1. The lowest BCUT2D eigenvalue weighted by molar-refractivity contribution is 0.411. The first-order valence-corrected chi connectivity index (χ1v) is 5.42. The van der Waals surface area contributed by atoms with E-state index in [-0.39, 0.29) is 0 Å². The van der Waals surface area contributed by atoms with Gasteiger partial charge in [0.2, 0.25) is 0 Å². The minimum atomic E-state index is 0.434. The molecule has 0 aromatic heterocycles. The van der Waals surface area contributed by atoms with E-state index in [1.165, 1.54) is 18.5 Å². The van der Waals surface area contributed by atoms with E-state index in [1.54, 1.807) is 0 Å². The van der Waals surface area contributed by atoms with Gasteiger partial charge in [-0.15, -0.1) is 0 Å². The van der Waals surface area contributed by atoms with Crippen molar-refractivity contribution < 1.29 is 0 Å². The van der Waals surface area contributed by atoms with Crippen molar-refractivity contribution in [3.05, 3.63) is 30.3 Å². The van der Waals surface area contributed by atoms with E-state index in [4.69, 9.17) is 5.73 Å². The summed E-state index contributed by atoms with van der Waals surface area (Å²) in [6.07, 6.45) is 4.72. The standard InChI is InChI=1S/C12H18N2/c13-10-6-8-12(9-7-10)14-11-4-2-1-3-5-11/h1-5,10,12,14H,6-9,13H2/t10-,12-. The molecule has 0 spiro atoms. The summed E-state index contributed by atoms with van der Waals surface area (Å²) >= 11 is 0. The first-order valence-electron chi connectivity index (χ1n) is 5.42. The molecule has 0 radical (unpaired) electrons. The number of para-hydroxylation sites is 1. The minimum Gasteiger partial charge on any atom is -0.382 e. The number of nitrogens with one attached hydrogen (secondary N) is 1. The highest BCUT2D eigenvalue weighted by molar-refractivity contribution is 5.43. The van der Waals surface area contributed by atoms with Crippen LogP contribution in [-0.2, 0) is 0 Å². The highest BCUT2D eigenvalue weighted by Gasteiger charge is 2.17. The number of hydrogen-bond donors (Lipinski definition) is 2. The third-order valence-electron chi connectivity index (χ3n) is 2.92. The third kappa shape index (κ3) is 2.48. The van der Waals surface area contributed by atoms with E-state index in [1.807, 2.05) is 6.07 Å². The van der Waals surface area contributed by atoms with E-state index >= 15 is 0 Å². The first kappa shape index (κ1) is 9.53. The molecule has 1 aliphatic carbocycles. The molecule has 0 saturated heterocycles. The summed E-state index contributed by atoms with van der Waals surface area (Å²) in [5.74, 6) is 0. The lowest BCUT2D eigenvalue weighted by atomic mass is 9.92. The second-order valence-corrected chi connectivity index (χ2v) is 4.12. The van der Waals surface area contributed by atoms with Crippen molar-refractivity contribution in [3.8, 4) is 0 Å². The van der Waals surface area contributed by atoms with Crippen molar-refractivity contribution in [2.45, 2.75) is 37.8 Å². The van der Waals surface area contributed by atoms with Crippen molar-refractivity contribution in [1.29, 1.82) is 0 Å². The summed E-state index contributed by atoms with van der Waals surface area (Å²) < 4.78 is 0. The Balaban J connectivity index is 1.87. The Labute approximate surface area is 85.5 Å². The SMILES string of the molecule is N[C@H]1CC[C@H](Nc2ccccc2)CC1. The van der Waals surface area contributed by atoms with Crippen molar-refractivity contribution in [2.75, 3.05) is 5.32 Å². The fourth-order valence-electron chi connectivity index (χ4n) is 2.03. The van der Waals surface area contributed by atoms with E-state index in [0.29, 0.717) is 12.1 Å². The van der Waals surface area contributed by atoms with Crippen molar-refractivity contribution in [3.63, 3.8) is 0 Å². The normalized spacial score (nSPS) is 27.2. The zero-order valence-electron chi connectivity index (χ0n) is 8.45. The Hall–Kier alpha value is -1.02. The zero-order valence-corrected chi connectivity index (χ0v) is 8.45. The van der Waals surface area contributed by atoms with Crippen molar-refractivity contribution in [2.24, 2.45) is 5.73 Å². The molecule has 1 saturated carbocycles. The van der Waals surface area contributed by atoms with Crippen molar-refractivity contribution in [1.82, 2.24) is 0 Å². The van der Waals surface area contributed by atoms with Gasteiger partial charge in [-0.1, -0.05) is 18.2 Å². The molecule has 1 aromatic carbocycles. The molecule has 0 aliphatic heterocycles.